The van der Waals surface area contributed by atoms with Crippen LogP contribution in [0.5, 0.6) is 0 Å². The van der Waals surface area contributed by atoms with Gasteiger partial charge in [-0.15, -0.1) is 5.10 Å². The van der Waals surface area contributed by atoms with Gasteiger partial charge in [0.2, 0.25) is 0 Å². The zero-order valence-corrected chi connectivity index (χ0v) is 11.8. The molecule has 0 aliphatic carbocycles. The molecule has 0 saturated carbocycles. The van der Waals surface area contributed by atoms with Crippen molar-refractivity contribution in [2.24, 2.45) is 5.73 Å². The first kappa shape index (κ1) is 14.5. The molecule has 2 rings (SSSR count). The van der Waals surface area contributed by atoms with Gasteiger partial charge in [0.1, 0.15) is 0 Å². The predicted octanol–water partition coefficient (Wildman–Crippen LogP) is 1.62. The van der Waals surface area contributed by atoms with Crippen molar-refractivity contribution in [2.75, 3.05) is 6.61 Å². The summed E-state index contributed by atoms with van der Waals surface area (Å²) in [5.41, 5.74) is 7.34. The number of nitrogens with two attached hydrogens (primary N) is 1. The van der Waals surface area contributed by atoms with Crippen molar-refractivity contribution in [3.05, 3.63) is 46.2 Å². The molecular formula is C13H15ClN4O2. The lowest BCUT2D eigenvalue weighted by Gasteiger charge is -2.06. The van der Waals surface area contributed by atoms with Crippen LogP contribution in [0.1, 0.15) is 28.7 Å². The molecule has 0 fully saturated rings. The predicted molar refractivity (Wildman–Crippen MR) is 74.4 cm³/mol. The SMILES string of the molecule is CCOC(=O)c1nnn(Cc2cccc(Cl)c2)c1CN. The van der Waals surface area contributed by atoms with E-state index in [1.165, 1.54) is 0 Å². The Morgan fingerprint density at radius 1 is 1.50 bits per heavy atom. The fourth-order valence-corrected chi connectivity index (χ4v) is 2.04. The Bertz CT molecular complexity index is 612. The Hall–Kier alpha value is -1.92. The summed E-state index contributed by atoms with van der Waals surface area (Å²) in [6, 6.07) is 7.38. The lowest BCUT2D eigenvalue weighted by Crippen LogP contribution is -2.14. The number of halogens is 1. The van der Waals surface area contributed by atoms with Gasteiger partial charge < -0.3 is 10.5 Å². The first-order valence-electron chi connectivity index (χ1n) is 6.19. The summed E-state index contributed by atoms with van der Waals surface area (Å²) in [6.45, 7) is 2.61. The molecule has 1 aromatic heterocycles. The highest BCUT2D eigenvalue weighted by Gasteiger charge is 2.19. The van der Waals surface area contributed by atoms with E-state index in [0.29, 0.717) is 17.3 Å². The number of benzene rings is 1. The monoisotopic (exact) mass is 294 g/mol. The summed E-state index contributed by atoms with van der Waals surface area (Å²) >= 11 is 5.94. The lowest BCUT2D eigenvalue weighted by molar-refractivity contribution is 0.0518. The van der Waals surface area contributed by atoms with Crippen LogP contribution in [0.4, 0.5) is 0 Å². The number of aromatic nitrogens is 3. The summed E-state index contributed by atoms with van der Waals surface area (Å²) < 4.78 is 6.50. The molecule has 0 aliphatic rings. The van der Waals surface area contributed by atoms with E-state index in [0.717, 1.165) is 5.56 Å². The van der Waals surface area contributed by atoms with Gasteiger partial charge in [-0.1, -0.05) is 28.9 Å². The molecule has 20 heavy (non-hydrogen) atoms. The average molecular weight is 295 g/mol. The van der Waals surface area contributed by atoms with Crippen LogP contribution in [0.2, 0.25) is 5.02 Å². The van der Waals surface area contributed by atoms with Crippen molar-refractivity contribution in [1.29, 1.82) is 0 Å². The van der Waals surface area contributed by atoms with Crippen molar-refractivity contribution in [3.8, 4) is 0 Å². The van der Waals surface area contributed by atoms with E-state index in [4.69, 9.17) is 22.1 Å². The Morgan fingerprint density at radius 2 is 2.30 bits per heavy atom. The van der Waals surface area contributed by atoms with E-state index >= 15 is 0 Å². The number of rotatable bonds is 5. The van der Waals surface area contributed by atoms with E-state index in [1.54, 1.807) is 17.7 Å². The van der Waals surface area contributed by atoms with Crippen molar-refractivity contribution in [1.82, 2.24) is 15.0 Å². The molecular weight excluding hydrogens is 280 g/mol. The molecule has 2 N–H and O–H groups in total. The third-order valence-corrected chi connectivity index (χ3v) is 2.96. The van der Waals surface area contributed by atoms with Gasteiger partial charge >= 0.3 is 5.97 Å². The number of esters is 1. The third-order valence-electron chi connectivity index (χ3n) is 2.72. The van der Waals surface area contributed by atoms with E-state index < -0.39 is 5.97 Å². The topological polar surface area (TPSA) is 83.0 Å². The number of carbonyl (C=O) groups excluding carboxylic acids is 1. The van der Waals surface area contributed by atoms with Gasteiger partial charge in [0, 0.05) is 11.6 Å². The minimum atomic E-state index is -0.509. The minimum Gasteiger partial charge on any atom is -0.461 e. The molecule has 0 aliphatic heterocycles. The number of ether oxygens (including phenoxy) is 1. The van der Waals surface area contributed by atoms with E-state index in [2.05, 4.69) is 10.3 Å². The zero-order valence-electron chi connectivity index (χ0n) is 11.0. The highest BCUT2D eigenvalue weighted by Crippen LogP contribution is 2.14. The average Bonchev–Trinajstić information content (AvgIpc) is 2.82. The molecule has 6 nitrogen and oxygen atoms in total. The van der Waals surface area contributed by atoms with Gasteiger partial charge in [0.15, 0.2) is 5.69 Å². The fourth-order valence-electron chi connectivity index (χ4n) is 1.83. The van der Waals surface area contributed by atoms with Gasteiger partial charge in [-0.05, 0) is 24.6 Å². The largest absolute Gasteiger partial charge is 0.461 e. The fraction of sp³-hybridized carbons (Fsp3) is 0.308. The molecule has 2 aromatic rings. The Kier molecular flexibility index (Phi) is 4.70. The van der Waals surface area contributed by atoms with Crippen molar-refractivity contribution >= 4 is 17.6 Å². The molecule has 106 valence electrons. The highest BCUT2D eigenvalue weighted by atomic mass is 35.5. The number of hydrogen-bond donors (Lipinski definition) is 1. The Morgan fingerprint density at radius 3 is 2.95 bits per heavy atom. The van der Waals surface area contributed by atoms with Crippen LogP contribution in [-0.4, -0.2) is 27.6 Å². The summed E-state index contributed by atoms with van der Waals surface area (Å²) in [4.78, 5) is 11.7. The van der Waals surface area contributed by atoms with Crippen molar-refractivity contribution < 1.29 is 9.53 Å². The Labute approximate surface area is 121 Å². The zero-order chi connectivity index (χ0) is 14.5. The molecule has 1 aromatic carbocycles. The maximum atomic E-state index is 11.7. The normalized spacial score (nSPS) is 10.6. The number of nitrogens with zero attached hydrogens (tertiary/aromatic N) is 3. The van der Waals surface area contributed by atoms with Crippen molar-refractivity contribution in [3.63, 3.8) is 0 Å². The van der Waals surface area contributed by atoms with Gasteiger partial charge in [-0.3, -0.25) is 0 Å². The second-order valence-electron chi connectivity index (χ2n) is 4.10. The van der Waals surface area contributed by atoms with Crippen LogP contribution in [-0.2, 0) is 17.8 Å². The van der Waals surface area contributed by atoms with Crippen LogP contribution in [0.25, 0.3) is 0 Å². The van der Waals surface area contributed by atoms with E-state index in [1.807, 2.05) is 18.2 Å². The Balaban J connectivity index is 2.27. The van der Waals surface area contributed by atoms with Gasteiger partial charge in [-0.25, -0.2) is 9.48 Å². The standard InChI is InChI=1S/C13H15ClN4O2/c1-2-20-13(19)12-11(7-15)18(17-16-12)8-9-4-3-5-10(14)6-9/h3-6H,2,7-8,15H2,1H3. The third kappa shape index (κ3) is 3.15. The summed E-state index contributed by atoms with van der Waals surface area (Å²) in [6.07, 6.45) is 0. The second-order valence-corrected chi connectivity index (χ2v) is 4.53. The van der Waals surface area contributed by atoms with Crippen LogP contribution in [0.3, 0.4) is 0 Å². The number of carbonyl (C=O) groups is 1. The summed E-state index contributed by atoms with van der Waals surface area (Å²) in [5, 5.41) is 8.45. The summed E-state index contributed by atoms with van der Waals surface area (Å²) in [7, 11) is 0. The molecule has 0 saturated heterocycles. The highest BCUT2D eigenvalue weighted by molar-refractivity contribution is 6.30. The molecule has 0 unspecified atom stereocenters. The van der Waals surface area contributed by atoms with Crippen LogP contribution >= 0.6 is 11.6 Å². The minimum absolute atomic E-state index is 0.154. The van der Waals surface area contributed by atoms with Gasteiger partial charge in [0.05, 0.1) is 18.8 Å². The summed E-state index contributed by atoms with van der Waals surface area (Å²) in [5.74, 6) is -0.509. The lowest BCUT2D eigenvalue weighted by atomic mass is 10.2. The smallest absolute Gasteiger partial charge is 0.360 e. The van der Waals surface area contributed by atoms with E-state index in [9.17, 15) is 4.79 Å². The van der Waals surface area contributed by atoms with Crippen molar-refractivity contribution in [2.45, 2.75) is 20.0 Å². The molecule has 0 bridgehead atoms. The molecule has 0 amide bonds. The van der Waals surface area contributed by atoms with Crippen LogP contribution in [0.15, 0.2) is 24.3 Å². The maximum absolute atomic E-state index is 11.7. The molecule has 0 atom stereocenters. The second kappa shape index (κ2) is 6.49. The number of hydrogen-bond acceptors (Lipinski definition) is 5. The maximum Gasteiger partial charge on any atom is 0.360 e. The first-order chi connectivity index (χ1) is 9.65. The molecule has 7 heteroatoms. The molecule has 0 spiro atoms. The van der Waals surface area contributed by atoms with E-state index in [-0.39, 0.29) is 18.8 Å². The quantitative estimate of drug-likeness (QED) is 0.847. The molecule has 0 radical (unpaired) electrons. The van der Waals surface area contributed by atoms with Crippen LogP contribution < -0.4 is 5.73 Å². The molecule has 1 heterocycles. The van der Waals surface area contributed by atoms with Gasteiger partial charge in [-0.2, -0.15) is 0 Å². The van der Waals surface area contributed by atoms with Crippen LogP contribution in [0, 0.1) is 0 Å². The van der Waals surface area contributed by atoms with Gasteiger partial charge in [0.25, 0.3) is 0 Å². The first-order valence-corrected chi connectivity index (χ1v) is 6.57.